The number of nitrogens with one attached hydrogen (secondary N) is 1. The van der Waals surface area contributed by atoms with Crippen molar-refractivity contribution in [3.8, 4) is 17.2 Å². The van der Waals surface area contributed by atoms with Gasteiger partial charge in [-0.15, -0.1) is 0 Å². The molecule has 0 aliphatic carbocycles. The van der Waals surface area contributed by atoms with Crippen LogP contribution in [0.2, 0.25) is 0 Å². The van der Waals surface area contributed by atoms with Gasteiger partial charge in [-0.2, -0.15) is 0 Å². The van der Waals surface area contributed by atoms with Gasteiger partial charge in [-0.05, 0) is 48.0 Å². The lowest BCUT2D eigenvalue weighted by Gasteiger charge is -2.09. The van der Waals surface area contributed by atoms with Crippen molar-refractivity contribution in [2.45, 2.75) is 6.61 Å². The average Bonchev–Trinajstić information content (AvgIpc) is 3.12. The molecule has 0 radical (unpaired) electrons. The summed E-state index contributed by atoms with van der Waals surface area (Å²) in [4.78, 5) is 14.5. The standard InChI is InChI=1S/C22H18N2O3/c23-22(25)20-13-24-21-11-10-18(12-19(20)21)27-17-8-6-16(7-9-17)26-14-15-4-2-1-3-5-15/h1-13,24H,14H2,(H2,23,25). The van der Waals surface area contributed by atoms with Gasteiger partial charge < -0.3 is 20.2 Å². The van der Waals surface area contributed by atoms with Crippen LogP contribution in [0.5, 0.6) is 17.2 Å². The molecule has 1 amide bonds. The number of primary amides is 1. The number of aromatic nitrogens is 1. The van der Waals surface area contributed by atoms with Crippen LogP contribution >= 0.6 is 0 Å². The smallest absolute Gasteiger partial charge is 0.250 e. The zero-order chi connectivity index (χ0) is 18.6. The van der Waals surface area contributed by atoms with E-state index in [1.54, 1.807) is 12.3 Å². The van der Waals surface area contributed by atoms with E-state index in [4.69, 9.17) is 15.2 Å². The number of nitrogens with two attached hydrogens (primary N) is 1. The molecule has 0 unspecified atom stereocenters. The molecule has 134 valence electrons. The molecule has 0 atom stereocenters. The van der Waals surface area contributed by atoms with E-state index in [0.29, 0.717) is 23.7 Å². The summed E-state index contributed by atoms with van der Waals surface area (Å²) in [5, 5.41) is 0.739. The van der Waals surface area contributed by atoms with Gasteiger partial charge in [0.1, 0.15) is 23.9 Å². The molecule has 3 aromatic carbocycles. The molecule has 0 saturated heterocycles. The topological polar surface area (TPSA) is 77.3 Å². The second-order valence-electron chi connectivity index (χ2n) is 6.12. The Morgan fingerprint density at radius 1 is 0.889 bits per heavy atom. The van der Waals surface area contributed by atoms with E-state index >= 15 is 0 Å². The maximum absolute atomic E-state index is 11.5. The minimum absolute atomic E-state index is 0.445. The predicted molar refractivity (Wildman–Crippen MR) is 104 cm³/mol. The largest absolute Gasteiger partial charge is 0.489 e. The fourth-order valence-corrected chi connectivity index (χ4v) is 2.85. The van der Waals surface area contributed by atoms with Crippen LogP contribution in [0.4, 0.5) is 0 Å². The van der Waals surface area contributed by atoms with Gasteiger partial charge in [-0.25, -0.2) is 0 Å². The van der Waals surface area contributed by atoms with Crippen LogP contribution in [0.1, 0.15) is 15.9 Å². The lowest BCUT2D eigenvalue weighted by molar-refractivity contribution is 0.100. The lowest BCUT2D eigenvalue weighted by atomic mass is 10.1. The van der Waals surface area contributed by atoms with Crippen molar-refractivity contribution in [2.75, 3.05) is 0 Å². The second-order valence-corrected chi connectivity index (χ2v) is 6.12. The molecule has 4 rings (SSSR count). The number of hydrogen-bond acceptors (Lipinski definition) is 3. The van der Waals surface area contributed by atoms with Gasteiger partial charge in [-0.1, -0.05) is 30.3 Å². The number of amides is 1. The fourth-order valence-electron chi connectivity index (χ4n) is 2.85. The van der Waals surface area contributed by atoms with Crippen LogP contribution in [-0.4, -0.2) is 10.9 Å². The normalized spacial score (nSPS) is 10.7. The molecule has 0 fully saturated rings. The minimum atomic E-state index is -0.474. The van der Waals surface area contributed by atoms with Gasteiger partial charge >= 0.3 is 0 Å². The SMILES string of the molecule is NC(=O)c1c[nH]c2ccc(Oc3ccc(OCc4ccccc4)cc3)cc12. The number of H-pyrrole nitrogens is 1. The average molecular weight is 358 g/mol. The molecule has 0 saturated carbocycles. The molecule has 0 aliphatic heterocycles. The predicted octanol–water partition coefficient (Wildman–Crippen LogP) is 4.64. The van der Waals surface area contributed by atoms with E-state index < -0.39 is 5.91 Å². The van der Waals surface area contributed by atoms with Crippen molar-refractivity contribution in [2.24, 2.45) is 5.73 Å². The lowest BCUT2D eigenvalue weighted by Crippen LogP contribution is -2.09. The van der Waals surface area contributed by atoms with Crippen molar-refractivity contribution in [1.29, 1.82) is 0 Å². The Labute approximate surface area is 156 Å². The van der Waals surface area contributed by atoms with Crippen molar-refractivity contribution in [1.82, 2.24) is 4.98 Å². The van der Waals surface area contributed by atoms with Gasteiger partial charge in [0, 0.05) is 17.1 Å². The van der Waals surface area contributed by atoms with E-state index in [1.807, 2.05) is 66.7 Å². The van der Waals surface area contributed by atoms with Crippen molar-refractivity contribution < 1.29 is 14.3 Å². The zero-order valence-electron chi connectivity index (χ0n) is 14.5. The highest BCUT2D eigenvalue weighted by Crippen LogP contribution is 2.28. The summed E-state index contributed by atoms with van der Waals surface area (Å²) in [6, 6.07) is 22.9. The number of carbonyl (C=O) groups is 1. The molecule has 5 nitrogen and oxygen atoms in total. The Kier molecular flexibility index (Phi) is 4.49. The van der Waals surface area contributed by atoms with Crippen LogP contribution in [0.15, 0.2) is 79.0 Å². The van der Waals surface area contributed by atoms with Gasteiger partial charge in [0.25, 0.3) is 5.91 Å². The molecule has 1 heterocycles. The van der Waals surface area contributed by atoms with Crippen LogP contribution in [0.25, 0.3) is 10.9 Å². The third-order valence-electron chi connectivity index (χ3n) is 4.23. The second kappa shape index (κ2) is 7.25. The molecule has 0 bridgehead atoms. The number of carbonyl (C=O) groups excluding carboxylic acids is 1. The molecule has 5 heteroatoms. The zero-order valence-corrected chi connectivity index (χ0v) is 14.5. The van der Waals surface area contributed by atoms with Crippen LogP contribution in [0, 0.1) is 0 Å². The third kappa shape index (κ3) is 3.77. The number of ether oxygens (including phenoxy) is 2. The summed E-state index contributed by atoms with van der Waals surface area (Å²) in [5.41, 5.74) is 7.79. The summed E-state index contributed by atoms with van der Waals surface area (Å²) in [5.74, 6) is 1.60. The first kappa shape index (κ1) is 16.7. The summed E-state index contributed by atoms with van der Waals surface area (Å²) in [7, 11) is 0. The summed E-state index contributed by atoms with van der Waals surface area (Å²) >= 11 is 0. The molecular weight excluding hydrogens is 340 g/mol. The summed E-state index contributed by atoms with van der Waals surface area (Å²) in [6.45, 7) is 0.515. The first-order chi connectivity index (χ1) is 13.2. The number of rotatable bonds is 6. The highest BCUT2D eigenvalue weighted by molar-refractivity contribution is 6.06. The molecule has 4 aromatic rings. The number of aromatic amines is 1. The molecule has 27 heavy (non-hydrogen) atoms. The maximum atomic E-state index is 11.5. The van der Waals surface area contributed by atoms with Crippen molar-refractivity contribution >= 4 is 16.8 Å². The van der Waals surface area contributed by atoms with E-state index in [9.17, 15) is 4.79 Å². The summed E-state index contributed by atoms with van der Waals surface area (Å²) in [6.07, 6.45) is 1.61. The molecule has 1 aromatic heterocycles. The fraction of sp³-hybridized carbons (Fsp3) is 0.0455. The Morgan fingerprint density at radius 2 is 1.59 bits per heavy atom. The van der Waals surface area contributed by atoms with Crippen LogP contribution < -0.4 is 15.2 Å². The number of fused-ring (bicyclic) bond motifs is 1. The Hall–Kier alpha value is -3.73. The van der Waals surface area contributed by atoms with E-state index in [-0.39, 0.29) is 0 Å². The van der Waals surface area contributed by atoms with E-state index in [2.05, 4.69) is 4.98 Å². The molecule has 0 aliphatic rings. The Bertz CT molecular complexity index is 1070. The van der Waals surface area contributed by atoms with Crippen molar-refractivity contribution in [3.63, 3.8) is 0 Å². The molecule has 3 N–H and O–H groups in total. The minimum Gasteiger partial charge on any atom is -0.489 e. The van der Waals surface area contributed by atoms with Gasteiger partial charge in [0.15, 0.2) is 0 Å². The first-order valence-electron chi connectivity index (χ1n) is 8.54. The van der Waals surface area contributed by atoms with Crippen LogP contribution in [-0.2, 0) is 6.61 Å². The Morgan fingerprint density at radius 3 is 2.33 bits per heavy atom. The van der Waals surface area contributed by atoms with Gasteiger partial charge in [0.2, 0.25) is 0 Å². The van der Waals surface area contributed by atoms with Crippen LogP contribution in [0.3, 0.4) is 0 Å². The Balaban J connectivity index is 1.46. The summed E-state index contributed by atoms with van der Waals surface area (Å²) < 4.78 is 11.7. The monoisotopic (exact) mass is 358 g/mol. The number of benzene rings is 3. The molecule has 0 spiro atoms. The quantitative estimate of drug-likeness (QED) is 0.527. The number of hydrogen-bond donors (Lipinski definition) is 2. The van der Waals surface area contributed by atoms with E-state index in [1.165, 1.54) is 0 Å². The third-order valence-corrected chi connectivity index (χ3v) is 4.23. The maximum Gasteiger partial charge on any atom is 0.250 e. The molecular formula is C22H18N2O3. The highest BCUT2D eigenvalue weighted by atomic mass is 16.5. The van der Waals surface area contributed by atoms with Gasteiger partial charge in [-0.3, -0.25) is 4.79 Å². The highest BCUT2D eigenvalue weighted by Gasteiger charge is 2.10. The van der Waals surface area contributed by atoms with Crippen molar-refractivity contribution in [3.05, 3.63) is 90.1 Å². The first-order valence-corrected chi connectivity index (χ1v) is 8.54. The van der Waals surface area contributed by atoms with Gasteiger partial charge in [0.05, 0.1) is 5.56 Å². The van der Waals surface area contributed by atoms with E-state index in [0.717, 1.165) is 22.2 Å².